The van der Waals surface area contributed by atoms with Gasteiger partial charge in [-0.05, 0) is 33.8 Å². The zero-order valence-corrected chi connectivity index (χ0v) is 15.6. The van der Waals surface area contributed by atoms with Crippen LogP contribution in [0, 0.1) is 0 Å². The molecule has 2 aromatic heterocycles. The van der Waals surface area contributed by atoms with Crippen LogP contribution in [0.5, 0.6) is 0 Å². The van der Waals surface area contributed by atoms with E-state index in [0.717, 1.165) is 31.3 Å². The Kier molecular flexibility index (Phi) is 4.61. The maximum Gasteiger partial charge on any atom is 0.326 e. The molecule has 0 radical (unpaired) electrons. The molecule has 0 saturated heterocycles. The predicted octanol–water partition coefficient (Wildman–Crippen LogP) is 2.22. The largest absolute Gasteiger partial charge is 0.326 e. The van der Waals surface area contributed by atoms with Crippen molar-refractivity contribution in [2.45, 2.75) is 21.8 Å². The van der Waals surface area contributed by atoms with Gasteiger partial charge in [0.25, 0.3) is 0 Å². The van der Waals surface area contributed by atoms with Crippen molar-refractivity contribution in [2.75, 3.05) is 11.5 Å². The lowest BCUT2D eigenvalue weighted by Gasteiger charge is -2.09. The molecule has 3 heterocycles. The Hall–Kier alpha value is -1.36. The summed E-state index contributed by atoms with van der Waals surface area (Å²) in [4.78, 5) is 24.2. The van der Waals surface area contributed by atoms with Crippen LogP contribution in [0.15, 0.2) is 42.5 Å². The van der Waals surface area contributed by atoms with Crippen molar-refractivity contribution in [1.29, 1.82) is 0 Å². The van der Waals surface area contributed by atoms with Crippen LogP contribution in [-0.2, 0) is 13.1 Å². The molecule has 1 aromatic carbocycles. The van der Waals surface area contributed by atoms with Crippen LogP contribution in [-0.4, -0.2) is 31.1 Å². The Balaban J connectivity index is 1.78. The average Bonchev–Trinajstić information content (AvgIpc) is 3.08. The quantitative estimate of drug-likeness (QED) is 0.580. The van der Waals surface area contributed by atoms with E-state index in [0.29, 0.717) is 13.1 Å². The SMILES string of the molecule is O=c1sc2nn1Cc1ccccc1Cn1nc(sc1=O)SCCS2. The van der Waals surface area contributed by atoms with Gasteiger partial charge in [-0.3, -0.25) is 9.59 Å². The van der Waals surface area contributed by atoms with Gasteiger partial charge < -0.3 is 0 Å². The molecule has 1 aliphatic heterocycles. The Morgan fingerprint density at radius 1 is 0.792 bits per heavy atom. The van der Waals surface area contributed by atoms with E-state index in [1.807, 2.05) is 24.3 Å². The molecule has 0 atom stereocenters. The van der Waals surface area contributed by atoms with Gasteiger partial charge >= 0.3 is 9.75 Å². The normalized spacial score (nSPS) is 14.8. The fourth-order valence-electron chi connectivity index (χ4n) is 2.34. The van der Waals surface area contributed by atoms with Crippen LogP contribution in [0.4, 0.5) is 0 Å². The van der Waals surface area contributed by atoms with E-state index < -0.39 is 0 Å². The summed E-state index contributed by atoms with van der Waals surface area (Å²) in [5.41, 5.74) is 1.96. The van der Waals surface area contributed by atoms with Gasteiger partial charge in [0.2, 0.25) is 0 Å². The molecule has 0 saturated carbocycles. The van der Waals surface area contributed by atoms with E-state index in [4.69, 9.17) is 0 Å². The molecule has 1 aliphatic rings. The van der Waals surface area contributed by atoms with E-state index in [-0.39, 0.29) is 9.75 Å². The highest BCUT2D eigenvalue weighted by atomic mass is 32.2. The third kappa shape index (κ3) is 3.37. The Labute approximate surface area is 153 Å². The van der Waals surface area contributed by atoms with Crippen LogP contribution in [0.1, 0.15) is 11.1 Å². The number of hydrogen-bond acceptors (Lipinski definition) is 8. The van der Waals surface area contributed by atoms with Crippen LogP contribution < -0.4 is 9.75 Å². The van der Waals surface area contributed by atoms with Gasteiger partial charge in [-0.15, -0.1) is 0 Å². The van der Waals surface area contributed by atoms with Crippen molar-refractivity contribution < 1.29 is 0 Å². The molecular weight excluding hydrogens is 384 g/mol. The minimum atomic E-state index is -0.0534. The van der Waals surface area contributed by atoms with E-state index in [1.54, 1.807) is 23.5 Å². The molecule has 0 amide bonds. The Morgan fingerprint density at radius 2 is 1.25 bits per heavy atom. The van der Waals surface area contributed by atoms with Crippen LogP contribution >= 0.6 is 46.2 Å². The number of fused-ring (bicyclic) bond motifs is 5. The summed E-state index contributed by atoms with van der Waals surface area (Å²) in [6, 6.07) is 7.79. The molecule has 6 nitrogen and oxygen atoms in total. The maximum absolute atomic E-state index is 12.1. The molecule has 3 aromatic rings. The molecule has 124 valence electrons. The maximum atomic E-state index is 12.1. The summed E-state index contributed by atoms with van der Waals surface area (Å²) in [5, 5.41) is 8.85. The average molecular weight is 397 g/mol. The smallest absolute Gasteiger partial charge is 0.255 e. The van der Waals surface area contributed by atoms with Gasteiger partial charge in [-0.25, -0.2) is 9.36 Å². The second kappa shape index (κ2) is 6.87. The van der Waals surface area contributed by atoms with Gasteiger partial charge in [0.1, 0.15) is 0 Å². The second-order valence-corrected chi connectivity index (χ2v) is 9.61. The summed E-state index contributed by atoms with van der Waals surface area (Å²) in [5.74, 6) is 1.64. The standard InChI is InChI=1S/C14H12N4O2S4/c19-13-17-7-9-3-1-2-4-10(9)8-18-14(20)24-12(16-18)22-6-5-21-11(15-17)23-13/h1-4H,5-8H2. The third-order valence-electron chi connectivity index (χ3n) is 3.47. The van der Waals surface area contributed by atoms with E-state index in [1.165, 1.54) is 32.0 Å². The van der Waals surface area contributed by atoms with Crippen molar-refractivity contribution in [1.82, 2.24) is 19.6 Å². The molecule has 0 unspecified atom stereocenters. The second-order valence-electron chi connectivity index (χ2n) is 5.05. The number of thioether (sulfide) groups is 2. The van der Waals surface area contributed by atoms with Crippen molar-refractivity contribution in [3.63, 3.8) is 0 Å². The molecule has 0 aliphatic carbocycles. The number of rotatable bonds is 0. The first kappa shape index (κ1) is 16.1. The Morgan fingerprint density at radius 3 is 1.71 bits per heavy atom. The topological polar surface area (TPSA) is 69.8 Å². The number of nitrogens with zero attached hydrogens (tertiary/aromatic N) is 4. The third-order valence-corrected chi connectivity index (χ3v) is 7.69. The first-order chi connectivity index (χ1) is 11.7. The van der Waals surface area contributed by atoms with Gasteiger partial charge in [0.05, 0.1) is 13.1 Å². The molecule has 0 fully saturated rings. The lowest BCUT2D eigenvalue weighted by atomic mass is 10.1. The van der Waals surface area contributed by atoms with Gasteiger partial charge in [-0.1, -0.05) is 47.8 Å². The zero-order valence-electron chi connectivity index (χ0n) is 12.4. The number of hydrogen-bond donors (Lipinski definition) is 0. The molecule has 0 N–H and O–H groups in total. The summed E-state index contributed by atoms with van der Waals surface area (Å²) in [6.45, 7) is 0.819. The molecule has 4 rings (SSSR count). The van der Waals surface area contributed by atoms with Gasteiger partial charge in [-0.2, -0.15) is 10.2 Å². The van der Waals surface area contributed by atoms with Gasteiger partial charge in [0.15, 0.2) is 8.68 Å². The lowest BCUT2D eigenvalue weighted by Crippen LogP contribution is -2.19. The van der Waals surface area contributed by atoms with Crippen molar-refractivity contribution in [3.8, 4) is 0 Å². The minimum Gasteiger partial charge on any atom is -0.255 e. The zero-order chi connectivity index (χ0) is 16.5. The molecule has 10 heteroatoms. The minimum absolute atomic E-state index is 0.0534. The highest BCUT2D eigenvalue weighted by Crippen LogP contribution is 2.24. The first-order valence-corrected chi connectivity index (χ1v) is 10.8. The van der Waals surface area contributed by atoms with E-state index in [9.17, 15) is 9.59 Å². The van der Waals surface area contributed by atoms with Crippen LogP contribution in [0.3, 0.4) is 0 Å². The van der Waals surface area contributed by atoms with Crippen molar-refractivity contribution >= 4 is 46.2 Å². The predicted molar refractivity (Wildman–Crippen MR) is 98.8 cm³/mol. The van der Waals surface area contributed by atoms with Crippen LogP contribution in [0.25, 0.3) is 0 Å². The van der Waals surface area contributed by atoms with E-state index >= 15 is 0 Å². The highest BCUT2D eigenvalue weighted by Gasteiger charge is 2.14. The van der Waals surface area contributed by atoms with Gasteiger partial charge in [0, 0.05) is 11.5 Å². The van der Waals surface area contributed by atoms with Crippen LogP contribution in [0.2, 0.25) is 0 Å². The lowest BCUT2D eigenvalue weighted by molar-refractivity contribution is 0.616. The fourth-order valence-corrected chi connectivity index (χ4v) is 6.06. The Bertz CT molecular complexity index is 908. The van der Waals surface area contributed by atoms with Crippen molar-refractivity contribution in [2.24, 2.45) is 0 Å². The summed E-state index contributed by atoms with van der Waals surface area (Å²) in [7, 11) is 0. The fraction of sp³-hybridized carbons (Fsp3) is 0.286. The summed E-state index contributed by atoms with van der Waals surface area (Å²) < 4.78 is 4.57. The summed E-state index contributed by atoms with van der Waals surface area (Å²) in [6.07, 6.45) is 0. The van der Waals surface area contributed by atoms with E-state index in [2.05, 4.69) is 10.2 Å². The monoisotopic (exact) mass is 396 g/mol. The highest BCUT2D eigenvalue weighted by molar-refractivity contribution is 8.04. The molecule has 24 heavy (non-hydrogen) atoms. The number of aromatic nitrogens is 4. The number of benzene rings is 1. The first-order valence-electron chi connectivity index (χ1n) is 7.17. The van der Waals surface area contributed by atoms with Crippen molar-refractivity contribution in [3.05, 3.63) is 54.7 Å². The molecule has 4 bridgehead atoms. The molecule has 0 spiro atoms. The molecular formula is C14H12N4O2S4. The summed E-state index contributed by atoms with van der Waals surface area (Å²) >= 11 is 5.51.